The van der Waals surface area contributed by atoms with Gasteiger partial charge in [-0.05, 0) is 44.4 Å². The summed E-state index contributed by atoms with van der Waals surface area (Å²) in [4.78, 5) is 18.5. The molecule has 1 aromatic heterocycles. The van der Waals surface area contributed by atoms with Crippen molar-refractivity contribution < 1.29 is 4.79 Å². The second-order valence-electron chi connectivity index (χ2n) is 5.63. The summed E-state index contributed by atoms with van der Waals surface area (Å²) in [5.41, 5.74) is 1.16. The van der Waals surface area contributed by atoms with E-state index in [1.165, 1.54) is 12.8 Å². The molecule has 0 bridgehead atoms. The van der Waals surface area contributed by atoms with Gasteiger partial charge in [0.1, 0.15) is 0 Å². The van der Waals surface area contributed by atoms with E-state index in [0.717, 1.165) is 31.5 Å². The second-order valence-corrected chi connectivity index (χ2v) is 5.63. The lowest BCUT2D eigenvalue weighted by molar-refractivity contribution is -0.133. The topological polar surface area (TPSA) is 45.2 Å². The lowest BCUT2D eigenvalue weighted by atomic mass is 10.1. The number of pyridine rings is 1. The van der Waals surface area contributed by atoms with Crippen LogP contribution < -0.4 is 5.32 Å². The number of nitrogens with zero attached hydrogens (tertiary/aromatic N) is 2. The van der Waals surface area contributed by atoms with Crippen molar-refractivity contribution in [3.05, 3.63) is 30.1 Å². The van der Waals surface area contributed by atoms with Crippen LogP contribution in [-0.4, -0.2) is 34.9 Å². The third kappa shape index (κ3) is 4.04. The Labute approximate surface area is 121 Å². The van der Waals surface area contributed by atoms with Crippen molar-refractivity contribution in [3.63, 3.8) is 0 Å². The number of nitrogens with one attached hydrogen (secondary N) is 1. The molecule has 0 saturated carbocycles. The van der Waals surface area contributed by atoms with Gasteiger partial charge in [0.15, 0.2) is 0 Å². The van der Waals surface area contributed by atoms with Crippen molar-refractivity contribution in [2.75, 3.05) is 13.1 Å². The maximum Gasteiger partial charge on any atom is 0.239 e. The molecule has 4 nitrogen and oxygen atoms in total. The first-order valence-corrected chi connectivity index (χ1v) is 7.63. The van der Waals surface area contributed by atoms with E-state index in [0.29, 0.717) is 0 Å². The van der Waals surface area contributed by atoms with Crippen LogP contribution in [0, 0.1) is 0 Å². The maximum absolute atomic E-state index is 12.5. The highest BCUT2D eigenvalue weighted by atomic mass is 16.2. The van der Waals surface area contributed by atoms with E-state index in [2.05, 4.69) is 17.2 Å². The Bertz CT molecular complexity index is 413. The van der Waals surface area contributed by atoms with E-state index in [1.807, 2.05) is 24.0 Å². The predicted molar refractivity (Wildman–Crippen MR) is 80.3 cm³/mol. The van der Waals surface area contributed by atoms with E-state index in [1.54, 1.807) is 12.4 Å². The molecule has 1 saturated heterocycles. The molecule has 2 unspecified atom stereocenters. The Hall–Kier alpha value is -1.42. The standard InChI is InChI=1S/C16H25N3O/c1-13(15-7-9-17-10-8-15)18-14(2)16(20)19-11-5-3-4-6-12-19/h7-10,13-14,18H,3-6,11-12H2,1-2H3. The highest BCUT2D eigenvalue weighted by Gasteiger charge is 2.22. The molecule has 0 radical (unpaired) electrons. The van der Waals surface area contributed by atoms with Gasteiger partial charge in [-0.3, -0.25) is 15.1 Å². The summed E-state index contributed by atoms with van der Waals surface area (Å²) in [6, 6.07) is 3.99. The molecule has 1 amide bonds. The second kappa shape index (κ2) is 7.39. The smallest absolute Gasteiger partial charge is 0.239 e. The molecule has 1 fully saturated rings. The van der Waals surface area contributed by atoms with Crippen molar-refractivity contribution in [2.45, 2.75) is 51.6 Å². The molecule has 1 aliphatic rings. The van der Waals surface area contributed by atoms with Crippen molar-refractivity contribution in [1.29, 1.82) is 0 Å². The highest BCUT2D eigenvalue weighted by molar-refractivity contribution is 5.81. The molecular formula is C16H25N3O. The predicted octanol–water partition coefficient (Wildman–Crippen LogP) is 2.52. The fourth-order valence-electron chi connectivity index (χ4n) is 2.76. The van der Waals surface area contributed by atoms with Crippen LogP contribution in [0.5, 0.6) is 0 Å². The maximum atomic E-state index is 12.5. The average molecular weight is 275 g/mol. The van der Waals surface area contributed by atoms with Gasteiger partial charge in [0, 0.05) is 31.5 Å². The third-order valence-electron chi connectivity index (χ3n) is 3.99. The van der Waals surface area contributed by atoms with Gasteiger partial charge < -0.3 is 4.90 Å². The molecule has 1 N–H and O–H groups in total. The van der Waals surface area contributed by atoms with Crippen molar-refractivity contribution in [2.24, 2.45) is 0 Å². The van der Waals surface area contributed by atoms with Crippen molar-refractivity contribution in [3.8, 4) is 0 Å². The summed E-state index contributed by atoms with van der Waals surface area (Å²) < 4.78 is 0. The summed E-state index contributed by atoms with van der Waals surface area (Å²) in [6.07, 6.45) is 8.35. The molecular weight excluding hydrogens is 250 g/mol. The number of aromatic nitrogens is 1. The number of carbonyl (C=O) groups is 1. The van der Waals surface area contributed by atoms with Crippen LogP contribution >= 0.6 is 0 Å². The number of amides is 1. The minimum Gasteiger partial charge on any atom is -0.341 e. The minimum atomic E-state index is -0.142. The molecule has 1 aromatic rings. The summed E-state index contributed by atoms with van der Waals surface area (Å²) >= 11 is 0. The lowest BCUT2D eigenvalue weighted by Gasteiger charge is -2.26. The molecule has 0 spiro atoms. The van der Waals surface area contributed by atoms with Crippen LogP contribution in [0.15, 0.2) is 24.5 Å². The van der Waals surface area contributed by atoms with Gasteiger partial charge in [-0.25, -0.2) is 0 Å². The summed E-state index contributed by atoms with van der Waals surface area (Å²) in [7, 11) is 0. The molecule has 2 rings (SSSR count). The molecule has 2 atom stereocenters. The summed E-state index contributed by atoms with van der Waals surface area (Å²) in [5.74, 6) is 0.229. The molecule has 0 aromatic carbocycles. The first-order chi connectivity index (χ1) is 9.68. The van der Waals surface area contributed by atoms with Crippen LogP contribution in [0.2, 0.25) is 0 Å². The molecule has 1 aliphatic heterocycles. The van der Waals surface area contributed by atoms with Crippen molar-refractivity contribution in [1.82, 2.24) is 15.2 Å². The number of rotatable bonds is 4. The third-order valence-corrected chi connectivity index (χ3v) is 3.99. The van der Waals surface area contributed by atoms with Crippen LogP contribution in [0.4, 0.5) is 0 Å². The monoisotopic (exact) mass is 275 g/mol. The molecule has 4 heteroatoms. The van der Waals surface area contributed by atoms with Crippen LogP contribution in [0.1, 0.15) is 51.1 Å². The molecule has 110 valence electrons. The Morgan fingerprint density at radius 1 is 1.15 bits per heavy atom. The Balaban J connectivity index is 1.90. The number of hydrogen-bond donors (Lipinski definition) is 1. The zero-order valence-corrected chi connectivity index (χ0v) is 12.5. The SMILES string of the molecule is CC(NC(C)c1ccncc1)C(=O)N1CCCCCC1. The first-order valence-electron chi connectivity index (χ1n) is 7.63. The van der Waals surface area contributed by atoms with Gasteiger partial charge >= 0.3 is 0 Å². The Kier molecular flexibility index (Phi) is 5.53. The van der Waals surface area contributed by atoms with Crippen LogP contribution in [0.25, 0.3) is 0 Å². The Morgan fingerprint density at radius 3 is 2.35 bits per heavy atom. The Morgan fingerprint density at radius 2 is 1.75 bits per heavy atom. The van der Waals surface area contributed by atoms with E-state index in [9.17, 15) is 4.79 Å². The summed E-state index contributed by atoms with van der Waals surface area (Å²) in [5, 5.41) is 3.39. The van der Waals surface area contributed by atoms with Crippen LogP contribution in [0.3, 0.4) is 0 Å². The van der Waals surface area contributed by atoms with Gasteiger partial charge in [-0.2, -0.15) is 0 Å². The molecule has 20 heavy (non-hydrogen) atoms. The average Bonchev–Trinajstić information content (AvgIpc) is 2.76. The highest BCUT2D eigenvalue weighted by Crippen LogP contribution is 2.14. The molecule has 0 aliphatic carbocycles. The van der Waals surface area contributed by atoms with Gasteiger partial charge in [0.25, 0.3) is 0 Å². The lowest BCUT2D eigenvalue weighted by Crippen LogP contribution is -2.45. The zero-order valence-electron chi connectivity index (χ0n) is 12.5. The molecule has 2 heterocycles. The first kappa shape index (κ1) is 15.0. The number of carbonyl (C=O) groups excluding carboxylic acids is 1. The van der Waals surface area contributed by atoms with Gasteiger partial charge in [-0.15, -0.1) is 0 Å². The number of likely N-dealkylation sites (tertiary alicyclic amines) is 1. The fraction of sp³-hybridized carbons (Fsp3) is 0.625. The van der Waals surface area contributed by atoms with Crippen molar-refractivity contribution >= 4 is 5.91 Å². The largest absolute Gasteiger partial charge is 0.341 e. The fourth-order valence-corrected chi connectivity index (χ4v) is 2.76. The van der Waals surface area contributed by atoms with Gasteiger partial charge in [0.2, 0.25) is 5.91 Å². The van der Waals surface area contributed by atoms with E-state index in [4.69, 9.17) is 0 Å². The minimum absolute atomic E-state index is 0.142. The van der Waals surface area contributed by atoms with Crippen LogP contribution in [-0.2, 0) is 4.79 Å². The van der Waals surface area contributed by atoms with E-state index < -0.39 is 0 Å². The normalized spacial score (nSPS) is 19.2. The van der Waals surface area contributed by atoms with E-state index >= 15 is 0 Å². The number of hydrogen-bond acceptors (Lipinski definition) is 3. The quantitative estimate of drug-likeness (QED) is 0.918. The van der Waals surface area contributed by atoms with Gasteiger partial charge in [-0.1, -0.05) is 12.8 Å². The summed E-state index contributed by atoms with van der Waals surface area (Å²) in [6.45, 7) is 5.87. The van der Waals surface area contributed by atoms with Gasteiger partial charge in [0.05, 0.1) is 6.04 Å². The van der Waals surface area contributed by atoms with E-state index in [-0.39, 0.29) is 18.0 Å². The zero-order chi connectivity index (χ0) is 14.4.